The maximum absolute atomic E-state index is 13.7. The van der Waals surface area contributed by atoms with E-state index in [4.69, 9.17) is 4.74 Å². The minimum absolute atomic E-state index is 0.0156. The van der Waals surface area contributed by atoms with Crippen molar-refractivity contribution in [2.75, 3.05) is 43.1 Å². The Morgan fingerprint density at radius 3 is 2.52 bits per heavy atom. The van der Waals surface area contributed by atoms with Gasteiger partial charge in [-0.1, -0.05) is 24.3 Å². The van der Waals surface area contributed by atoms with Crippen molar-refractivity contribution in [3.8, 4) is 11.1 Å². The Kier molecular flexibility index (Phi) is 7.26. The lowest BCUT2D eigenvalue weighted by Crippen LogP contribution is -2.40. The third-order valence-corrected chi connectivity index (χ3v) is 8.99. The zero-order chi connectivity index (χ0) is 30.4. The Hall–Kier alpha value is -4.76. The second kappa shape index (κ2) is 11.4. The summed E-state index contributed by atoms with van der Waals surface area (Å²) in [5, 5.41) is 3.24. The first-order valence-electron chi connectivity index (χ1n) is 15.2. The lowest BCUT2D eigenvalue weighted by molar-refractivity contribution is 0.0302. The Balaban J connectivity index is 1.14. The number of hydrogen-bond acceptors (Lipinski definition) is 6. The number of carbonyl (C=O) groups excluding carboxylic acids is 2. The van der Waals surface area contributed by atoms with Crippen LogP contribution in [-0.4, -0.2) is 59.1 Å². The maximum atomic E-state index is 13.7. The van der Waals surface area contributed by atoms with Crippen LogP contribution in [0.1, 0.15) is 56.2 Å². The number of carbonyl (C=O) groups is 2. The van der Waals surface area contributed by atoms with E-state index in [1.807, 2.05) is 42.2 Å². The number of pyridine rings is 2. The van der Waals surface area contributed by atoms with Crippen LogP contribution in [0, 0.1) is 6.92 Å². The quantitative estimate of drug-likeness (QED) is 0.338. The molecule has 3 aliphatic rings. The fourth-order valence-corrected chi connectivity index (χ4v) is 6.22. The van der Waals surface area contributed by atoms with Crippen LogP contribution in [0.5, 0.6) is 0 Å². The molecule has 2 aliphatic heterocycles. The average molecular weight is 590 g/mol. The van der Waals surface area contributed by atoms with Crippen LogP contribution in [0.3, 0.4) is 0 Å². The van der Waals surface area contributed by atoms with Gasteiger partial charge < -0.3 is 19.9 Å². The molecule has 0 spiro atoms. The molecule has 4 aromatic rings. The summed E-state index contributed by atoms with van der Waals surface area (Å²) in [6.45, 7) is 4.82. The van der Waals surface area contributed by atoms with Gasteiger partial charge in [-0.2, -0.15) is 0 Å². The first kappa shape index (κ1) is 28.0. The summed E-state index contributed by atoms with van der Waals surface area (Å²) >= 11 is 0. The number of anilines is 3. The molecule has 2 amide bonds. The molecule has 7 rings (SSSR count). The summed E-state index contributed by atoms with van der Waals surface area (Å²) in [7, 11) is 1.70. The highest BCUT2D eigenvalue weighted by Crippen LogP contribution is 2.41. The smallest absolute Gasteiger partial charge is 0.258 e. The van der Waals surface area contributed by atoms with Crippen LogP contribution in [0.2, 0.25) is 0 Å². The van der Waals surface area contributed by atoms with E-state index in [1.54, 1.807) is 36.3 Å². The Bertz CT molecular complexity index is 1820. The van der Waals surface area contributed by atoms with Gasteiger partial charge in [0.15, 0.2) is 0 Å². The lowest BCUT2D eigenvalue weighted by Gasteiger charge is -2.31. The van der Waals surface area contributed by atoms with Crippen LogP contribution in [0.15, 0.2) is 71.7 Å². The molecule has 224 valence electrons. The van der Waals surface area contributed by atoms with E-state index >= 15 is 0 Å². The topological polar surface area (TPSA) is 96.8 Å². The number of benzene rings is 2. The molecular formula is C35H35N5O4. The molecule has 2 aromatic carbocycles. The summed E-state index contributed by atoms with van der Waals surface area (Å²) < 4.78 is 6.87. The van der Waals surface area contributed by atoms with Crippen molar-refractivity contribution in [1.82, 2.24) is 14.5 Å². The van der Waals surface area contributed by atoms with Crippen molar-refractivity contribution in [2.24, 2.45) is 7.05 Å². The third-order valence-electron chi connectivity index (χ3n) is 8.99. The van der Waals surface area contributed by atoms with Gasteiger partial charge in [-0.15, -0.1) is 0 Å². The van der Waals surface area contributed by atoms with E-state index in [-0.39, 0.29) is 17.4 Å². The van der Waals surface area contributed by atoms with Crippen LogP contribution >= 0.6 is 0 Å². The average Bonchev–Trinajstić information content (AvgIpc) is 3.90. The molecule has 1 aliphatic carbocycles. The Labute approximate surface area is 256 Å². The summed E-state index contributed by atoms with van der Waals surface area (Å²) in [6, 6.07) is 19.2. The van der Waals surface area contributed by atoms with Crippen molar-refractivity contribution >= 4 is 29.1 Å². The van der Waals surface area contributed by atoms with E-state index < -0.39 is 0 Å². The summed E-state index contributed by atoms with van der Waals surface area (Å²) in [5.74, 6) is 1.68. The third kappa shape index (κ3) is 5.28. The number of fused-ring (bicyclic) bond motifs is 1. The molecule has 4 heterocycles. The minimum atomic E-state index is -0.177. The van der Waals surface area contributed by atoms with Crippen molar-refractivity contribution in [1.29, 1.82) is 0 Å². The van der Waals surface area contributed by atoms with Gasteiger partial charge in [0.25, 0.3) is 17.4 Å². The predicted octanol–water partition coefficient (Wildman–Crippen LogP) is 5.05. The van der Waals surface area contributed by atoms with Crippen molar-refractivity contribution in [3.05, 3.63) is 105 Å². The molecule has 9 heteroatoms. The van der Waals surface area contributed by atoms with Gasteiger partial charge in [0.05, 0.1) is 18.8 Å². The molecule has 2 aromatic heterocycles. The van der Waals surface area contributed by atoms with E-state index in [0.29, 0.717) is 56.0 Å². The monoisotopic (exact) mass is 589 g/mol. The zero-order valence-electron chi connectivity index (χ0n) is 25.0. The van der Waals surface area contributed by atoms with Crippen LogP contribution in [0.25, 0.3) is 11.1 Å². The highest BCUT2D eigenvalue weighted by atomic mass is 16.5. The number of nitrogens with one attached hydrogen (secondary N) is 1. The number of amides is 2. The van der Waals surface area contributed by atoms with Gasteiger partial charge in [0, 0.05) is 50.2 Å². The Morgan fingerprint density at radius 2 is 1.77 bits per heavy atom. The second-order valence-corrected chi connectivity index (χ2v) is 11.8. The predicted molar refractivity (Wildman–Crippen MR) is 170 cm³/mol. The molecule has 0 bridgehead atoms. The fraction of sp³-hybridized carbons (Fsp3) is 0.314. The van der Waals surface area contributed by atoms with Crippen LogP contribution in [-0.2, 0) is 18.2 Å². The molecule has 1 N–H and O–H groups in total. The number of nitrogens with zero attached hydrogens (tertiary/aromatic N) is 4. The maximum Gasteiger partial charge on any atom is 0.258 e. The molecule has 0 radical (unpaired) electrons. The van der Waals surface area contributed by atoms with Gasteiger partial charge in [-0.05, 0) is 90.3 Å². The highest BCUT2D eigenvalue weighted by Gasteiger charge is 2.30. The standard InChI is InChI=1S/C35H35N5O4/c1-22-28(4-3-5-30(22)40-13-12-25-18-24(23-6-7-23)8-10-29(25)35(40)43)27-19-32(38(2)33(41)20-27)37-31-11-9-26(21-36-31)34(42)39-14-16-44-17-15-39/h3-5,8-11,18-21,23H,6-7,12-17H2,1-2H3,(H,36,37). The number of ether oxygens (including phenoxy) is 1. The normalized spacial score (nSPS) is 16.5. The van der Waals surface area contributed by atoms with E-state index in [2.05, 4.69) is 22.4 Å². The van der Waals surface area contributed by atoms with Gasteiger partial charge in [0.1, 0.15) is 11.6 Å². The van der Waals surface area contributed by atoms with Gasteiger partial charge in [0.2, 0.25) is 0 Å². The molecular weight excluding hydrogens is 554 g/mol. The van der Waals surface area contributed by atoms with Gasteiger partial charge >= 0.3 is 0 Å². The molecule has 9 nitrogen and oxygen atoms in total. The highest BCUT2D eigenvalue weighted by molar-refractivity contribution is 6.09. The zero-order valence-corrected chi connectivity index (χ0v) is 25.0. The van der Waals surface area contributed by atoms with Crippen LogP contribution in [0.4, 0.5) is 17.3 Å². The SMILES string of the molecule is Cc1c(-c2cc(Nc3ccc(C(=O)N4CCOCC4)cn3)n(C)c(=O)c2)cccc1N1CCc2cc(C3CC3)ccc2C1=O. The first-order valence-corrected chi connectivity index (χ1v) is 15.2. The summed E-state index contributed by atoms with van der Waals surface area (Å²) in [6.07, 6.45) is 4.85. The van der Waals surface area contributed by atoms with E-state index in [0.717, 1.165) is 39.9 Å². The fourth-order valence-electron chi connectivity index (χ4n) is 6.22. The van der Waals surface area contributed by atoms with Crippen molar-refractivity contribution < 1.29 is 14.3 Å². The molecule has 0 atom stereocenters. The van der Waals surface area contributed by atoms with Crippen LogP contribution < -0.4 is 15.8 Å². The van der Waals surface area contributed by atoms with Crippen molar-refractivity contribution in [2.45, 2.75) is 32.1 Å². The lowest BCUT2D eigenvalue weighted by atomic mass is 9.93. The Morgan fingerprint density at radius 1 is 0.955 bits per heavy atom. The molecule has 0 unspecified atom stereocenters. The second-order valence-electron chi connectivity index (χ2n) is 11.8. The largest absolute Gasteiger partial charge is 0.378 e. The number of morpholine rings is 1. The number of rotatable bonds is 6. The van der Waals surface area contributed by atoms with Gasteiger partial charge in [-0.3, -0.25) is 19.0 Å². The number of aromatic nitrogens is 2. The minimum Gasteiger partial charge on any atom is -0.378 e. The van der Waals surface area contributed by atoms with Crippen molar-refractivity contribution in [3.63, 3.8) is 0 Å². The molecule has 2 fully saturated rings. The van der Waals surface area contributed by atoms with Gasteiger partial charge in [-0.25, -0.2) is 4.98 Å². The molecule has 44 heavy (non-hydrogen) atoms. The summed E-state index contributed by atoms with van der Waals surface area (Å²) in [5.41, 5.74) is 7.00. The van der Waals surface area contributed by atoms with E-state index in [9.17, 15) is 14.4 Å². The first-order chi connectivity index (χ1) is 21.4. The number of hydrogen-bond donors (Lipinski definition) is 1. The van der Waals surface area contributed by atoms with E-state index in [1.165, 1.54) is 23.0 Å². The molecule has 1 saturated heterocycles. The summed E-state index contributed by atoms with van der Waals surface area (Å²) in [4.78, 5) is 47.6. The molecule has 1 saturated carbocycles.